The lowest BCUT2D eigenvalue weighted by atomic mass is 10.2. The van der Waals surface area contributed by atoms with Gasteiger partial charge in [-0.1, -0.05) is 0 Å². The van der Waals surface area contributed by atoms with Crippen molar-refractivity contribution >= 4 is 17.9 Å². The third kappa shape index (κ3) is 1.14. The number of pyridine rings is 1. The topological polar surface area (TPSA) is 54.0 Å². The maximum Gasteiger partial charge on any atom is 0.324 e. The lowest BCUT2D eigenvalue weighted by Gasteiger charge is -2.01. The molecule has 0 spiro atoms. The third-order valence-corrected chi connectivity index (χ3v) is 1.55. The van der Waals surface area contributed by atoms with E-state index in [1.807, 2.05) is 12.1 Å². The zero-order valence-electron chi connectivity index (χ0n) is 6.24. The van der Waals surface area contributed by atoms with Crippen molar-refractivity contribution in [3.63, 3.8) is 0 Å². The molecular weight excluding hydrogens is 154 g/mol. The fourth-order valence-electron chi connectivity index (χ4n) is 1.01. The van der Waals surface area contributed by atoms with E-state index in [-0.39, 0.29) is 6.03 Å². The molecule has 2 heterocycles. The molecule has 1 aliphatic rings. The first kappa shape index (κ1) is 6.84. The van der Waals surface area contributed by atoms with Crippen LogP contribution in [0.4, 0.5) is 10.6 Å². The largest absolute Gasteiger partial charge is 0.324 e. The van der Waals surface area contributed by atoms with Crippen LogP contribution in [0.2, 0.25) is 0 Å². The monoisotopic (exact) mass is 161 g/mol. The van der Waals surface area contributed by atoms with Crippen molar-refractivity contribution < 1.29 is 4.79 Å². The summed E-state index contributed by atoms with van der Waals surface area (Å²) in [6.45, 7) is 0. The molecule has 0 radical (unpaired) electrons. The molecule has 0 aromatic carbocycles. The molecule has 0 atom stereocenters. The minimum atomic E-state index is -0.260. The average molecular weight is 161 g/mol. The number of nitrogens with one attached hydrogen (secondary N) is 2. The highest BCUT2D eigenvalue weighted by atomic mass is 16.2. The standard InChI is InChI=1S/C8H7N3O/c12-8-10-5-3-6-2-1-4-9-7(6)11-8/h1-5H,(H2,9,10,11,12). The smallest absolute Gasteiger partial charge is 0.314 e. The Kier molecular flexibility index (Phi) is 1.51. The first-order valence-electron chi connectivity index (χ1n) is 3.55. The van der Waals surface area contributed by atoms with Gasteiger partial charge in [0.15, 0.2) is 0 Å². The lowest BCUT2D eigenvalue weighted by Crippen LogP contribution is -2.22. The van der Waals surface area contributed by atoms with Crippen LogP contribution in [-0.2, 0) is 0 Å². The predicted octanol–water partition coefficient (Wildman–Crippen LogP) is 1.19. The Morgan fingerprint density at radius 2 is 2.33 bits per heavy atom. The maximum absolute atomic E-state index is 10.9. The summed E-state index contributed by atoms with van der Waals surface area (Å²) in [5.41, 5.74) is 0.899. The van der Waals surface area contributed by atoms with Gasteiger partial charge in [-0.25, -0.2) is 9.78 Å². The normalized spacial score (nSPS) is 14.2. The number of urea groups is 1. The van der Waals surface area contributed by atoms with Crippen LogP contribution >= 0.6 is 0 Å². The van der Waals surface area contributed by atoms with E-state index in [1.165, 1.54) is 0 Å². The second kappa shape index (κ2) is 2.65. The van der Waals surface area contributed by atoms with Crippen molar-refractivity contribution in [2.75, 3.05) is 5.32 Å². The van der Waals surface area contributed by atoms with Crippen molar-refractivity contribution in [2.45, 2.75) is 0 Å². The Morgan fingerprint density at radius 1 is 1.42 bits per heavy atom. The lowest BCUT2D eigenvalue weighted by molar-refractivity contribution is 0.255. The zero-order chi connectivity index (χ0) is 8.39. The van der Waals surface area contributed by atoms with Crippen molar-refractivity contribution in [2.24, 2.45) is 0 Å². The molecule has 2 amide bonds. The summed E-state index contributed by atoms with van der Waals surface area (Å²) in [5, 5.41) is 5.12. The van der Waals surface area contributed by atoms with E-state index in [2.05, 4.69) is 15.6 Å². The second-order valence-corrected chi connectivity index (χ2v) is 2.37. The molecule has 1 aromatic heterocycles. The quantitative estimate of drug-likeness (QED) is 0.600. The molecule has 0 saturated heterocycles. The Balaban J connectivity index is 2.48. The first-order chi connectivity index (χ1) is 5.86. The average Bonchev–Trinajstić information content (AvgIpc) is 2.25. The molecule has 2 N–H and O–H groups in total. The Bertz CT molecular complexity index is 346. The van der Waals surface area contributed by atoms with Crippen LogP contribution < -0.4 is 10.6 Å². The van der Waals surface area contributed by atoms with Crippen LogP contribution in [0.3, 0.4) is 0 Å². The fraction of sp³-hybridized carbons (Fsp3) is 0. The highest BCUT2D eigenvalue weighted by molar-refractivity contribution is 5.93. The zero-order valence-corrected chi connectivity index (χ0v) is 6.24. The molecule has 4 heteroatoms. The summed E-state index contributed by atoms with van der Waals surface area (Å²) in [5.74, 6) is 0.587. The third-order valence-electron chi connectivity index (χ3n) is 1.55. The summed E-state index contributed by atoms with van der Waals surface area (Å²) in [4.78, 5) is 14.9. The highest BCUT2D eigenvalue weighted by Crippen LogP contribution is 2.14. The minimum absolute atomic E-state index is 0.260. The molecule has 12 heavy (non-hydrogen) atoms. The van der Waals surface area contributed by atoms with Gasteiger partial charge < -0.3 is 5.32 Å². The molecular formula is C8H7N3O. The van der Waals surface area contributed by atoms with E-state index in [0.29, 0.717) is 5.82 Å². The number of fused-ring (bicyclic) bond motifs is 1. The van der Waals surface area contributed by atoms with Gasteiger partial charge in [-0.05, 0) is 18.2 Å². The number of amides is 2. The fourth-order valence-corrected chi connectivity index (χ4v) is 1.01. The van der Waals surface area contributed by atoms with Gasteiger partial charge in [0.2, 0.25) is 0 Å². The van der Waals surface area contributed by atoms with Gasteiger partial charge in [0.25, 0.3) is 0 Å². The number of carbonyl (C=O) groups excluding carboxylic acids is 1. The molecule has 1 aromatic rings. The SMILES string of the molecule is O=C1NC=Cc2cccnc2N1. The molecule has 0 aliphatic carbocycles. The van der Waals surface area contributed by atoms with Crippen LogP contribution in [0.5, 0.6) is 0 Å². The van der Waals surface area contributed by atoms with Crippen LogP contribution in [-0.4, -0.2) is 11.0 Å². The van der Waals surface area contributed by atoms with Gasteiger partial charge in [0, 0.05) is 18.0 Å². The van der Waals surface area contributed by atoms with Gasteiger partial charge in [-0.3, -0.25) is 5.32 Å². The number of anilines is 1. The number of hydrogen-bond donors (Lipinski definition) is 2. The maximum atomic E-state index is 10.9. The highest BCUT2D eigenvalue weighted by Gasteiger charge is 2.06. The van der Waals surface area contributed by atoms with Crippen LogP contribution in [0.1, 0.15) is 5.56 Å². The molecule has 0 saturated carbocycles. The van der Waals surface area contributed by atoms with Crippen molar-refractivity contribution in [3.8, 4) is 0 Å². The van der Waals surface area contributed by atoms with Gasteiger partial charge >= 0.3 is 6.03 Å². The molecule has 2 rings (SSSR count). The van der Waals surface area contributed by atoms with Gasteiger partial charge in [-0.15, -0.1) is 0 Å². The molecule has 60 valence electrons. The summed E-state index contributed by atoms with van der Waals surface area (Å²) >= 11 is 0. The summed E-state index contributed by atoms with van der Waals surface area (Å²) in [6.07, 6.45) is 5.02. The Morgan fingerprint density at radius 3 is 3.25 bits per heavy atom. The van der Waals surface area contributed by atoms with Crippen LogP contribution in [0.15, 0.2) is 24.5 Å². The van der Waals surface area contributed by atoms with E-state index < -0.39 is 0 Å². The van der Waals surface area contributed by atoms with Crippen molar-refractivity contribution in [3.05, 3.63) is 30.1 Å². The number of nitrogens with zero attached hydrogens (tertiary/aromatic N) is 1. The van der Waals surface area contributed by atoms with E-state index in [0.717, 1.165) is 5.56 Å². The van der Waals surface area contributed by atoms with Crippen molar-refractivity contribution in [1.29, 1.82) is 0 Å². The molecule has 0 unspecified atom stereocenters. The number of carbonyl (C=O) groups is 1. The number of rotatable bonds is 0. The summed E-state index contributed by atoms with van der Waals surface area (Å²) in [6, 6.07) is 3.44. The van der Waals surface area contributed by atoms with Gasteiger partial charge in [0.05, 0.1) is 0 Å². The van der Waals surface area contributed by atoms with E-state index in [9.17, 15) is 4.79 Å². The molecule has 0 fully saturated rings. The molecule has 0 bridgehead atoms. The van der Waals surface area contributed by atoms with E-state index in [1.54, 1.807) is 18.5 Å². The number of hydrogen-bond acceptors (Lipinski definition) is 2. The van der Waals surface area contributed by atoms with E-state index in [4.69, 9.17) is 0 Å². The molecule has 1 aliphatic heterocycles. The second-order valence-electron chi connectivity index (χ2n) is 2.37. The van der Waals surface area contributed by atoms with Gasteiger partial charge in [-0.2, -0.15) is 0 Å². The first-order valence-corrected chi connectivity index (χ1v) is 3.55. The van der Waals surface area contributed by atoms with Crippen molar-refractivity contribution in [1.82, 2.24) is 10.3 Å². The van der Waals surface area contributed by atoms with Gasteiger partial charge in [0.1, 0.15) is 5.82 Å². The predicted molar refractivity (Wildman–Crippen MR) is 45.4 cm³/mol. The minimum Gasteiger partial charge on any atom is -0.314 e. The Labute approximate surface area is 69.3 Å². The van der Waals surface area contributed by atoms with E-state index >= 15 is 0 Å². The van der Waals surface area contributed by atoms with Crippen LogP contribution in [0.25, 0.3) is 6.08 Å². The summed E-state index contributed by atoms with van der Waals surface area (Å²) < 4.78 is 0. The summed E-state index contributed by atoms with van der Waals surface area (Å²) in [7, 11) is 0. The van der Waals surface area contributed by atoms with Crippen LogP contribution in [0, 0.1) is 0 Å². The molecule has 4 nitrogen and oxygen atoms in total. The number of aromatic nitrogens is 1. The Hall–Kier alpha value is -1.84.